The van der Waals surface area contributed by atoms with Gasteiger partial charge in [-0.2, -0.15) is 0 Å². The first kappa shape index (κ1) is 18.8. The molecule has 0 aromatic heterocycles. The maximum Gasteiger partial charge on any atom is 0.260 e. The fraction of sp³-hybridized carbons (Fsp3) is 0.333. The molecule has 6 heteroatoms. The molecule has 3 rings (SSSR count). The number of ether oxygens (including phenoxy) is 1. The summed E-state index contributed by atoms with van der Waals surface area (Å²) in [4.78, 5) is 25.7. The van der Waals surface area contributed by atoms with Crippen LogP contribution in [0.4, 0.5) is 11.4 Å². The Bertz CT molecular complexity index is 754. The van der Waals surface area contributed by atoms with Crippen molar-refractivity contribution in [2.75, 3.05) is 32.1 Å². The van der Waals surface area contributed by atoms with Crippen LogP contribution in [0.2, 0.25) is 0 Å². The molecule has 1 heterocycles. The molecule has 0 atom stereocenters. The summed E-state index contributed by atoms with van der Waals surface area (Å²) in [5.41, 5.74) is 1.97. The fourth-order valence-electron chi connectivity index (χ4n) is 3.15. The van der Waals surface area contributed by atoms with E-state index in [4.69, 9.17) is 4.74 Å². The zero-order chi connectivity index (χ0) is 19.1. The van der Waals surface area contributed by atoms with Crippen LogP contribution in [-0.4, -0.2) is 43.5 Å². The van der Waals surface area contributed by atoms with Gasteiger partial charge in [-0.1, -0.05) is 18.2 Å². The average molecular weight is 367 g/mol. The molecule has 2 N–H and O–H groups in total. The summed E-state index contributed by atoms with van der Waals surface area (Å²) < 4.78 is 5.62. The lowest BCUT2D eigenvalue weighted by molar-refractivity contribution is -0.137. The standard InChI is InChI=1S/C21H25N3O3/c1-22-21(26)16-11-13-24(14-12-16)20(25)15-27-19-9-7-18(8-10-19)23-17-5-3-2-4-6-17/h2-10,16,23H,11-15H2,1H3,(H,22,26). The van der Waals surface area contributed by atoms with Crippen LogP contribution in [0.3, 0.4) is 0 Å². The van der Waals surface area contributed by atoms with E-state index in [9.17, 15) is 9.59 Å². The summed E-state index contributed by atoms with van der Waals surface area (Å²) >= 11 is 0. The van der Waals surface area contributed by atoms with E-state index >= 15 is 0 Å². The monoisotopic (exact) mass is 367 g/mol. The predicted octanol–water partition coefficient (Wildman–Crippen LogP) is 2.79. The molecule has 0 radical (unpaired) electrons. The number of rotatable bonds is 6. The predicted molar refractivity (Wildman–Crippen MR) is 105 cm³/mol. The third-order valence-electron chi connectivity index (χ3n) is 4.74. The SMILES string of the molecule is CNC(=O)C1CCN(C(=O)COc2ccc(Nc3ccccc3)cc2)CC1. The van der Waals surface area contributed by atoms with Crippen molar-refractivity contribution in [1.82, 2.24) is 10.2 Å². The van der Waals surface area contributed by atoms with Crippen LogP contribution in [0.25, 0.3) is 0 Å². The number of anilines is 2. The van der Waals surface area contributed by atoms with Crippen LogP contribution in [0.5, 0.6) is 5.75 Å². The molecule has 1 saturated heterocycles. The molecule has 0 aliphatic carbocycles. The Morgan fingerprint density at radius 2 is 1.63 bits per heavy atom. The van der Waals surface area contributed by atoms with Crippen LogP contribution >= 0.6 is 0 Å². The van der Waals surface area contributed by atoms with Gasteiger partial charge in [0, 0.05) is 37.4 Å². The highest BCUT2D eigenvalue weighted by atomic mass is 16.5. The summed E-state index contributed by atoms with van der Waals surface area (Å²) in [5.74, 6) is 0.672. The molecule has 1 aliphatic rings. The molecule has 6 nitrogen and oxygen atoms in total. The number of hydrogen-bond acceptors (Lipinski definition) is 4. The first-order valence-electron chi connectivity index (χ1n) is 9.20. The third kappa shape index (κ3) is 5.23. The van der Waals surface area contributed by atoms with Gasteiger partial charge in [-0.3, -0.25) is 9.59 Å². The molecule has 1 fully saturated rings. The number of piperidine rings is 1. The molecular weight excluding hydrogens is 342 g/mol. The van der Waals surface area contributed by atoms with E-state index in [2.05, 4.69) is 10.6 Å². The Morgan fingerprint density at radius 3 is 2.26 bits per heavy atom. The molecule has 0 spiro atoms. The Labute approximate surface area is 159 Å². The lowest BCUT2D eigenvalue weighted by Crippen LogP contribution is -2.44. The van der Waals surface area contributed by atoms with Crippen LogP contribution in [0.1, 0.15) is 12.8 Å². The molecule has 0 unspecified atom stereocenters. The Kier molecular flexibility index (Phi) is 6.30. The highest BCUT2D eigenvalue weighted by molar-refractivity contribution is 5.80. The Hall–Kier alpha value is -3.02. The van der Waals surface area contributed by atoms with Crippen molar-refractivity contribution in [2.45, 2.75) is 12.8 Å². The Balaban J connectivity index is 1.44. The van der Waals surface area contributed by atoms with Crippen LogP contribution < -0.4 is 15.4 Å². The molecule has 2 aromatic carbocycles. The van der Waals surface area contributed by atoms with Crippen molar-refractivity contribution in [3.8, 4) is 5.75 Å². The first-order valence-corrected chi connectivity index (χ1v) is 9.20. The number of likely N-dealkylation sites (tertiary alicyclic amines) is 1. The normalized spacial score (nSPS) is 14.5. The van der Waals surface area contributed by atoms with E-state index in [0.717, 1.165) is 11.4 Å². The van der Waals surface area contributed by atoms with E-state index in [-0.39, 0.29) is 24.3 Å². The number of nitrogens with one attached hydrogen (secondary N) is 2. The van der Waals surface area contributed by atoms with Gasteiger partial charge in [0.05, 0.1) is 0 Å². The van der Waals surface area contributed by atoms with E-state index in [1.807, 2.05) is 54.6 Å². The van der Waals surface area contributed by atoms with Crippen molar-refractivity contribution < 1.29 is 14.3 Å². The van der Waals surface area contributed by atoms with Gasteiger partial charge in [-0.15, -0.1) is 0 Å². The maximum absolute atomic E-state index is 12.3. The minimum atomic E-state index is -0.0446. The summed E-state index contributed by atoms with van der Waals surface area (Å²) in [5, 5.41) is 5.98. The van der Waals surface area contributed by atoms with Gasteiger partial charge in [0.2, 0.25) is 5.91 Å². The first-order chi connectivity index (χ1) is 13.2. The smallest absolute Gasteiger partial charge is 0.260 e. The zero-order valence-corrected chi connectivity index (χ0v) is 15.5. The zero-order valence-electron chi connectivity index (χ0n) is 15.5. The molecular formula is C21H25N3O3. The van der Waals surface area contributed by atoms with Crippen LogP contribution in [0, 0.1) is 5.92 Å². The quantitative estimate of drug-likeness (QED) is 0.824. The summed E-state index contributed by atoms with van der Waals surface area (Å²) in [6, 6.07) is 17.4. The van der Waals surface area contributed by atoms with Crippen LogP contribution in [0.15, 0.2) is 54.6 Å². The van der Waals surface area contributed by atoms with E-state index in [0.29, 0.717) is 31.7 Å². The number of carbonyl (C=O) groups is 2. The van der Waals surface area contributed by atoms with Gasteiger partial charge >= 0.3 is 0 Å². The van der Waals surface area contributed by atoms with Gasteiger partial charge in [0.15, 0.2) is 6.61 Å². The lowest BCUT2D eigenvalue weighted by atomic mass is 9.96. The van der Waals surface area contributed by atoms with E-state index in [1.54, 1.807) is 11.9 Å². The highest BCUT2D eigenvalue weighted by Gasteiger charge is 2.26. The van der Waals surface area contributed by atoms with Crippen molar-refractivity contribution in [1.29, 1.82) is 0 Å². The van der Waals surface area contributed by atoms with Gasteiger partial charge in [-0.25, -0.2) is 0 Å². The number of benzene rings is 2. The fourth-order valence-corrected chi connectivity index (χ4v) is 3.15. The third-order valence-corrected chi connectivity index (χ3v) is 4.74. The second-order valence-corrected chi connectivity index (χ2v) is 6.57. The Morgan fingerprint density at radius 1 is 1.00 bits per heavy atom. The van der Waals surface area contributed by atoms with Gasteiger partial charge in [-0.05, 0) is 49.2 Å². The molecule has 1 aliphatic heterocycles. The summed E-state index contributed by atoms with van der Waals surface area (Å²) in [6.45, 7) is 1.20. The second kappa shape index (κ2) is 9.07. The summed E-state index contributed by atoms with van der Waals surface area (Å²) in [7, 11) is 1.65. The van der Waals surface area contributed by atoms with Crippen molar-refractivity contribution in [2.24, 2.45) is 5.92 Å². The molecule has 2 amide bonds. The molecule has 0 bridgehead atoms. The largest absolute Gasteiger partial charge is 0.484 e. The number of carbonyl (C=O) groups excluding carboxylic acids is 2. The lowest BCUT2D eigenvalue weighted by Gasteiger charge is -2.31. The highest BCUT2D eigenvalue weighted by Crippen LogP contribution is 2.21. The van der Waals surface area contributed by atoms with Gasteiger partial charge in [0.25, 0.3) is 5.91 Å². The van der Waals surface area contributed by atoms with Crippen LogP contribution in [-0.2, 0) is 9.59 Å². The van der Waals surface area contributed by atoms with Gasteiger partial charge < -0.3 is 20.3 Å². The minimum Gasteiger partial charge on any atom is -0.484 e. The molecule has 142 valence electrons. The van der Waals surface area contributed by atoms with Crippen molar-refractivity contribution in [3.63, 3.8) is 0 Å². The molecule has 27 heavy (non-hydrogen) atoms. The topological polar surface area (TPSA) is 70.7 Å². The molecule has 2 aromatic rings. The second-order valence-electron chi connectivity index (χ2n) is 6.57. The van der Waals surface area contributed by atoms with Crippen molar-refractivity contribution >= 4 is 23.2 Å². The number of para-hydroxylation sites is 1. The van der Waals surface area contributed by atoms with Crippen molar-refractivity contribution in [3.05, 3.63) is 54.6 Å². The van der Waals surface area contributed by atoms with E-state index < -0.39 is 0 Å². The number of nitrogens with zero attached hydrogens (tertiary/aromatic N) is 1. The maximum atomic E-state index is 12.3. The number of hydrogen-bond donors (Lipinski definition) is 2. The number of amides is 2. The summed E-state index contributed by atoms with van der Waals surface area (Å²) in [6.07, 6.45) is 1.40. The molecule has 0 saturated carbocycles. The average Bonchev–Trinajstić information content (AvgIpc) is 2.73. The minimum absolute atomic E-state index is 0.00428. The van der Waals surface area contributed by atoms with E-state index in [1.165, 1.54) is 0 Å². The van der Waals surface area contributed by atoms with Gasteiger partial charge in [0.1, 0.15) is 5.75 Å².